The molecule has 2 rings (SSSR count). The van der Waals surface area contributed by atoms with Gasteiger partial charge < -0.3 is 4.90 Å². The highest BCUT2D eigenvalue weighted by Crippen LogP contribution is 2.27. The van der Waals surface area contributed by atoms with Gasteiger partial charge in [0.15, 0.2) is 0 Å². The van der Waals surface area contributed by atoms with Crippen LogP contribution in [0, 0.1) is 5.92 Å². The molecule has 1 aliphatic heterocycles. The number of nitrogens with zero attached hydrogens (tertiary/aromatic N) is 1. The zero-order valence-corrected chi connectivity index (χ0v) is 8.76. The van der Waals surface area contributed by atoms with Crippen molar-refractivity contribution in [1.29, 1.82) is 0 Å². The first-order valence-corrected chi connectivity index (χ1v) is 5.80. The van der Waals surface area contributed by atoms with Gasteiger partial charge in [-0.15, -0.1) is 0 Å². The van der Waals surface area contributed by atoms with Crippen LogP contribution in [-0.2, 0) is 0 Å². The largest absolute Gasteiger partial charge is 0.375 e. The average Bonchev–Trinajstić information content (AvgIpc) is 2.19. The van der Waals surface area contributed by atoms with E-state index in [1.807, 2.05) is 0 Å². The van der Waals surface area contributed by atoms with E-state index >= 15 is 0 Å². The number of allylic oxidation sites excluding steroid dienone is 2. The van der Waals surface area contributed by atoms with Crippen LogP contribution in [0.5, 0.6) is 0 Å². The van der Waals surface area contributed by atoms with Crippen LogP contribution in [0.15, 0.2) is 11.8 Å². The molecule has 1 aliphatic carbocycles. The van der Waals surface area contributed by atoms with Crippen LogP contribution in [0.2, 0.25) is 0 Å². The van der Waals surface area contributed by atoms with Crippen LogP contribution in [0.1, 0.15) is 45.4 Å². The van der Waals surface area contributed by atoms with Crippen molar-refractivity contribution in [2.24, 2.45) is 5.92 Å². The predicted molar refractivity (Wildman–Crippen MR) is 56.5 cm³/mol. The highest BCUT2D eigenvalue weighted by Gasteiger charge is 2.17. The van der Waals surface area contributed by atoms with E-state index in [2.05, 4.69) is 17.9 Å². The zero-order chi connectivity index (χ0) is 9.10. The Kier molecular flexibility index (Phi) is 2.92. The molecule has 0 spiro atoms. The van der Waals surface area contributed by atoms with E-state index in [0.717, 1.165) is 5.92 Å². The van der Waals surface area contributed by atoms with Gasteiger partial charge in [0.25, 0.3) is 0 Å². The molecule has 1 atom stereocenters. The van der Waals surface area contributed by atoms with E-state index in [4.69, 9.17) is 0 Å². The van der Waals surface area contributed by atoms with Gasteiger partial charge in [0.2, 0.25) is 0 Å². The third-order valence-corrected chi connectivity index (χ3v) is 3.36. The summed E-state index contributed by atoms with van der Waals surface area (Å²) in [7, 11) is 0. The Bertz CT molecular complexity index is 189. The van der Waals surface area contributed by atoms with Crippen LogP contribution in [0.25, 0.3) is 0 Å². The first kappa shape index (κ1) is 9.11. The lowest BCUT2D eigenvalue weighted by molar-refractivity contribution is 0.259. The third-order valence-electron chi connectivity index (χ3n) is 3.36. The van der Waals surface area contributed by atoms with E-state index in [1.54, 1.807) is 5.70 Å². The SMILES string of the molecule is CC1CCC=C(N2CCCCC2)C1. The van der Waals surface area contributed by atoms with Crippen LogP contribution in [0.4, 0.5) is 0 Å². The van der Waals surface area contributed by atoms with Gasteiger partial charge in [-0.3, -0.25) is 0 Å². The Balaban J connectivity index is 1.94. The number of likely N-dealkylation sites (tertiary alicyclic amines) is 1. The van der Waals surface area contributed by atoms with Gasteiger partial charge >= 0.3 is 0 Å². The lowest BCUT2D eigenvalue weighted by atomic mass is 9.92. The van der Waals surface area contributed by atoms with Gasteiger partial charge in [-0.25, -0.2) is 0 Å². The summed E-state index contributed by atoms with van der Waals surface area (Å²) in [6.07, 6.45) is 10.8. The van der Waals surface area contributed by atoms with Crippen molar-refractivity contribution in [2.45, 2.75) is 45.4 Å². The quantitative estimate of drug-likeness (QED) is 0.597. The summed E-state index contributed by atoms with van der Waals surface area (Å²) in [4.78, 5) is 2.62. The molecule has 1 heterocycles. The van der Waals surface area contributed by atoms with Crippen LogP contribution in [-0.4, -0.2) is 18.0 Å². The maximum absolute atomic E-state index is 2.62. The molecule has 0 N–H and O–H groups in total. The molecule has 1 unspecified atom stereocenters. The highest BCUT2D eigenvalue weighted by atomic mass is 15.1. The van der Waals surface area contributed by atoms with Crippen LogP contribution >= 0.6 is 0 Å². The Morgan fingerprint density at radius 1 is 1.23 bits per heavy atom. The molecule has 74 valence electrons. The molecule has 1 heteroatoms. The number of hydrogen-bond donors (Lipinski definition) is 0. The van der Waals surface area contributed by atoms with Crippen molar-refractivity contribution in [3.8, 4) is 0 Å². The van der Waals surface area contributed by atoms with E-state index < -0.39 is 0 Å². The van der Waals surface area contributed by atoms with Gasteiger partial charge in [0.05, 0.1) is 0 Å². The average molecular weight is 179 g/mol. The van der Waals surface area contributed by atoms with Crippen molar-refractivity contribution in [1.82, 2.24) is 4.90 Å². The van der Waals surface area contributed by atoms with Crippen molar-refractivity contribution in [3.05, 3.63) is 11.8 Å². The lowest BCUT2D eigenvalue weighted by Crippen LogP contribution is -2.30. The zero-order valence-electron chi connectivity index (χ0n) is 8.76. The first-order valence-electron chi connectivity index (χ1n) is 5.80. The summed E-state index contributed by atoms with van der Waals surface area (Å²) in [5.74, 6) is 0.918. The van der Waals surface area contributed by atoms with Gasteiger partial charge in [-0.1, -0.05) is 13.0 Å². The Labute approximate surface area is 81.8 Å². The van der Waals surface area contributed by atoms with Crippen LogP contribution < -0.4 is 0 Å². The molecule has 0 aromatic carbocycles. The molecule has 0 aromatic rings. The smallest absolute Gasteiger partial charge is 0.0174 e. The summed E-state index contributed by atoms with van der Waals surface area (Å²) in [5, 5.41) is 0. The van der Waals surface area contributed by atoms with Gasteiger partial charge in [-0.05, 0) is 44.4 Å². The Hall–Kier alpha value is -0.460. The minimum Gasteiger partial charge on any atom is -0.375 e. The van der Waals surface area contributed by atoms with E-state index in [-0.39, 0.29) is 0 Å². The maximum Gasteiger partial charge on any atom is 0.0174 e. The molecule has 1 fully saturated rings. The fraction of sp³-hybridized carbons (Fsp3) is 0.833. The third kappa shape index (κ3) is 2.26. The maximum atomic E-state index is 2.62. The summed E-state index contributed by atoms with van der Waals surface area (Å²) in [5.41, 5.74) is 1.65. The molecule has 0 bridgehead atoms. The minimum absolute atomic E-state index is 0.918. The van der Waals surface area contributed by atoms with Gasteiger partial charge in [-0.2, -0.15) is 0 Å². The van der Waals surface area contributed by atoms with Crippen LogP contribution in [0.3, 0.4) is 0 Å². The van der Waals surface area contributed by atoms with Gasteiger partial charge in [0.1, 0.15) is 0 Å². The molecule has 1 nitrogen and oxygen atoms in total. The van der Waals surface area contributed by atoms with Crippen molar-refractivity contribution < 1.29 is 0 Å². The monoisotopic (exact) mass is 179 g/mol. The molecular weight excluding hydrogens is 158 g/mol. The number of piperidine rings is 1. The fourth-order valence-electron chi connectivity index (χ4n) is 2.52. The second-order valence-electron chi connectivity index (χ2n) is 4.63. The van der Waals surface area contributed by atoms with E-state index in [1.165, 1.54) is 51.6 Å². The molecule has 0 radical (unpaired) electrons. The molecule has 0 aromatic heterocycles. The van der Waals surface area contributed by atoms with E-state index in [9.17, 15) is 0 Å². The predicted octanol–water partition coefficient (Wildman–Crippen LogP) is 3.18. The summed E-state index contributed by atoms with van der Waals surface area (Å²) in [6.45, 7) is 5.02. The molecule has 0 saturated carbocycles. The molecular formula is C12H21N. The second-order valence-corrected chi connectivity index (χ2v) is 4.63. The first-order chi connectivity index (χ1) is 6.36. The summed E-state index contributed by atoms with van der Waals surface area (Å²) >= 11 is 0. The standard InChI is InChI=1S/C12H21N/c1-11-6-5-7-12(10-11)13-8-3-2-4-9-13/h7,11H,2-6,8-10H2,1H3. The molecule has 1 saturated heterocycles. The normalized spacial score (nSPS) is 30.1. The summed E-state index contributed by atoms with van der Waals surface area (Å²) in [6, 6.07) is 0. The van der Waals surface area contributed by atoms with Crippen molar-refractivity contribution in [2.75, 3.05) is 13.1 Å². The Morgan fingerprint density at radius 3 is 2.69 bits per heavy atom. The fourth-order valence-corrected chi connectivity index (χ4v) is 2.52. The molecule has 0 amide bonds. The van der Waals surface area contributed by atoms with Crippen molar-refractivity contribution >= 4 is 0 Å². The second kappa shape index (κ2) is 4.17. The van der Waals surface area contributed by atoms with Crippen molar-refractivity contribution in [3.63, 3.8) is 0 Å². The van der Waals surface area contributed by atoms with Gasteiger partial charge in [0, 0.05) is 18.8 Å². The minimum atomic E-state index is 0.918. The van der Waals surface area contributed by atoms with E-state index in [0.29, 0.717) is 0 Å². The summed E-state index contributed by atoms with van der Waals surface area (Å²) < 4.78 is 0. The number of rotatable bonds is 1. The molecule has 2 aliphatic rings. The Morgan fingerprint density at radius 2 is 2.00 bits per heavy atom. The topological polar surface area (TPSA) is 3.24 Å². The highest BCUT2D eigenvalue weighted by molar-refractivity contribution is 5.06. The molecule has 13 heavy (non-hydrogen) atoms. The number of hydrogen-bond acceptors (Lipinski definition) is 1. The lowest BCUT2D eigenvalue weighted by Gasteiger charge is -2.34.